The van der Waals surface area contributed by atoms with Crippen LogP contribution in [0.5, 0.6) is 0 Å². The van der Waals surface area contributed by atoms with E-state index in [1.807, 2.05) is 11.8 Å². The maximum atomic E-state index is 12.9. The number of hydrogen-bond donors (Lipinski definition) is 0. The van der Waals surface area contributed by atoms with Gasteiger partial charge in [0.1, 0.15) is 5.92 Å². The van der Waals surface area contributed by atoms with Gasteiger partial charge in [-0.1, -0.05) is 32.1 Å². The Morgan fingerprint density at radius 2 is 1.57 bits per heavy atom. The topological polar surface area (TPSA) is 46.6 Å². The fourth-order valence-electron chi connectivity index (χ4n) is 3.68. The molecule has 1 unspecified atom stereocenters. The Labute approximate surface area is 128 Å². The van der Waals surface area contributed by atoms with Crippen molar-refractivity contribution in [2.75, 3.05) is 19.7 Å². The van der Waals surface area contributed by atoms with E-state index < -0.39 is 5.92 Å². The smallest absolute Gasteiger partial charge is 0.318 e. The van der Waals surface area contributed by atoms with Gasteiger partial charge in [-0.2, -0.15) is 0 Å². The number of hydrogen-bond acceptors (Lipinski definition) is 3. The molecular weight excluding hydrogens is 266 g/mol. The lowest BCUT2D eigenvalue weighted by atomic mass is 9.79. The molecule has 0 N–H and O–H groups in total. The van der Waals surface area contributed by atoms with Crippen molar-refractivity contribution in [1.82, 2.24) is 4.90 Å². The number of rotatable bonds is 4. The second-order valence-corrected chi connectivity index (χ2v) is 6.37. The molecule has 2 fully saturated rings. The molecule has 0 radical (unpaired) electrons. The van der Waals surface area contributed by atoms with Crippen molar-refractivity contribution in [3.05, 3.63) is 0 Å². The Balaban J connectivity index is 2.08. The van der Waals surface area contributed by atoms with Gasteiger partial charge in [0.15, 0.2) is 0 Å². The Hall–Kier alpha value is -1.06. The normalized spacial score (nSPS) is 22.4. The highest BCUT2D eigenvalue weighted by Gasteiger charge is 2.39. The van der Waals surface area contributed by atoms with Crippen LogP contribution in [-0.4, -0.2) is 36.5 Å². The molecule has 4 nitrogen and oxygen atoms in total. The van der Waals surface area contributed by atoms with Crippen molar-refractivity contribution in [2.24, 2.45) is 11.8 Å². The lowest BCUT2D eigenvalue weighted by molar-refractivity contribution is -0.158. The van der Waals surface area contributed by atoms with Crippen molar-refractivity contribution in [3.8, 4) is 0 Å². The molecule has 2 rings (SSSR count). The minimum absolute atomic E-state index is 0.0299. The SMILES string of the molecule is CCOC(=O)C(C(=O)N1CCCCCC1)C1CCCCC1. The molecule has 1 saturated heterocycles. The number of ether oxygens (including phenoxy) is 1. The Kier molecular flexibility index (Phi) is 6.52. The second-order valence-electron chi connectivity index (χ2n) is 6.37. The third kappa shape index (κ3) is 4.45. The summed E-state index contributed by atoms with van der Waals surface area (Å²) >= 11 is 0. The van der Waals surface area contributed by atoms with E-state index in [4.69, 9.17) is 4.74 Å². The fourth-order valence-corrected chi connectivity index (χ4v) is 3.68. The number of esters is 1. The first kappa shape index (κ1) is 16.3. The average molecular weight is 295 g/mol. The zero-order valence-electron chi connectivity index (χ0n) is 13.3. The maximum Gasteiger partial charge on any atom is 0.318 e. The van der Waals surface area contributed by atoms with E-state index in [1.54, 1.807) is 0 Å². The summed E-state index contributed by atoms with van der Waals surface area (Å²) < 4.78 is 5.21. The lowest BCUT2D eigenvalue weighted by Gasteiger charge is -2.32. The molecule has 1 aliphatic heterocycles. The lowest BCUT2D eigenvalue weighted by Crippen LogP contribution is -2.44. The van der Waals surface area contributed by atoms with Gasteiger partial charge >= 0.3 is 5.97 Å². The standard InChI is InChI=1S/C17H29NO3/c1-2-21-17(20)15(14-10-6-5-7-11-14)16(19)18-12-8-3-4-9-13-18/h14-15H,2-13H2,1H3. The molecule has 1 atom stereocenters. The van der Waals surface area contributed by atoms with Gasteiger partial charge in [0.2, 0.25) is 5.91 Å². The van der Waals surface area contributed by atoms with Crippen LogP contribution in [-0.2, 0) is 14.3 Å². The van der Waals surface area contributed by atoms with Crippen LogP contribution >= 0.6 is 0 Å². The molecule has 1 heterocycles. The van der Waals surface area contributed by atoms with Crippen LogP contribution in [0.4, 0.5) is 0 Å². The molecule has 2 aliphatic rings. The summed E-state index contributed by atoms with van der Waals surface area (Å²) in [5, 5.41) is 0. The summed E-state index contributed by atoms with van der Waals surface area (Å²) in [7, 11) is 0. The van der Waals surface area contributed by atoms with Gasteiger partial charge in [-0.25, -0.2) is 0 Å². The van der Waals surface area contributed by atoms with E-state index in [2.05, 4.69) is 0 Å². The number of likely N-dealkylation sites (tertiary alicyclic amines) is 1. The summed E-state index contributed by atoms with van der Waals surface area (Å²) in [4.78, 5) is 27.2. The Morgan fingerprint density at radius 3 is 2.14 bits per heavy atom. The maximum absolute atomic E-state index is 12.9. The molecule has 0 aromatic carbocycles. The van der Waals surface area contributed by atoms with Crippen LogP contribution in [0.1, 0.15) is 64.7 Å². The first-order chi connectivity index (χ1) is 10.2. The molecule has 0 aromatic heterocycles. The summed E-state index contributed by atoms with van der Waals surface area (Å²) in [6.07, 6.45) is 9.98. The van der Waals surface area contributed by atoms with E-state index in [0.29, 0.717) is 6.61 Å². The van der Waals surface area contributed by atoms with Crippen molar-refractivity contribution in [3.63, 3.8) is 0 Å². The molecule has 1 amide bonds. The predicted octanol–water partition coefficient (Wildman–Crippen LogP) is 3.15. The summed E-state index contributed by atoms with van der Waals surface area (Å²) in [6, 6.07) is 0. The fraction of sp³-hybridized carbons (Fsp3) is 0.882. The molecule has 0 spiro atoms. The number of carbonyl (C=O) groups excluding carboxylic acids is 2. The molecular formula is C17H29NO3. The van der Waals surface area contributed by atoms with Crippen LogP contribution in [0.3, 0.4) is 0 Å². The zero-order valence-corrected chi connectivity index (χ0v) is 13.3. The van der Waals surface area contributed by atoms with E-state index in [9.17, 15) is 9.59 Å². The van der Waals surface area contributed by atoms with Gasteiger partial charge in [0.25, 0.3) is 0 Å². The minimum Gasteiger partial charge on any atom is -0.465 e. The van der Waals surface area contributed by atoms with Gasteiger partial charge in [0, 0.05) is 13.1 Å². The molecule has 21 heavy (non-hydrogen) atoms. The Morgan fingerprint density at radius 1 is 1.00 bits per heavy atom. The quantitative estimate of drug-likeness (QED) is 0.591. The summed E-state index contributed by atoms with van der Waals surface area (Å²) in [5.41, 5.74) is 0. The highest BCUT2D eigenvalue weighted by molar-refractivity contribution is 5.98. The van der Waals surface area contributed by atoms with Gasteiger partial charge in [-0.3, -0.25) is 9.59 Å². The van der Waals surface area contributed by atoms with Crippen molar-refractivity contribution >= 4 is 11.9 Å². The molecule has 1 saturated carbocycles. The van der Waals surface area contributed by atoms with Gasteiger partial charge in [0.05, 0.1) is 6.61 Å². The molecule has 1 aliphatic carbocycles. The molecule has 4 heteroatoms. The summed E-state index contributed by atoms with van der Waals surface area (Å²) in [5.74, 6) is -0.627. The Bertz CT molecular complexity index is 342. The average Bonchev–Trinajstić information content (AvgIpc) is 2.78. The predicted molar refractivity (Wildman–Crippen MR) is 81.7 cm³/mol. The van der Waals surface area contributed by atoms with Crippen molar-refractivity contribution in [2.45, 2.75) is 64.7 Å². The van der Waals surface area contributed by atoms with Gasteiger partial charge in [-0.05, 0) is 38.5 Å². The highest BCUT2D eigenvalue weighted by Crippen LogP contribution is 2.32. The number of carbonyl (C=O) groups is 2. The third-order valence-corrected chi connectivity index (χ3v) is 4.85. The first-order valence-electron chi connectivity index (χ1n) is 8.69. The largest absolute Gasteiger partial charge is 0.465 e. The van der Waals surface area contributed by atoms with Crippen LogP contribution in [0.15, 0.2) is 0 Å². The van der Waals surface area contributed by atoms with Crippen LogP contribution < -0.4 is 0 Å². The van der Waals surface area contributed by atoms with Gasteiger partial charge < -0.3 is 9.64 Å². The van der Waals surface area contributed by atoms with E-state index in [1.165, 1.54) is 19.3 Å². The number of nitrogens with zero attached hydrogens (tertiary/aromatic N) is 1. The minimum atomic E-state index is -0.552. The zero-order chi connectivity index (χ0) is 15.1. The monoisotopic (exact) mass is 295 g/mol. The van der Waals surface area contributed by atoms with E-state index >= 15 is 0 Å². The van der Waals surface area contributed by atoms with Crippen molar-refractivity contribution in [1.29, 1.82) is 0 Å². The highest BCUT2D eigenvalue weighted by atomic mass is 16.5. The molecule has 120 valence electrons. The molecule has 0 bridgehead atoms. The van der Waals surface area contributed by atoms with E-state index in [0.717, 1.165) is 51.6 Å². The van der Waals surface area contributed by atoms with Gasteiger partial charge in [-0.15, -0.1) is 0 Å². The molecule has 0 aromatic rings. The van der Waals surface area contributed by atoms with Crippen LogP contribution in [0.25, 0.3) is 0 Å². The van der Waals surface area contributed by atoms with E-state index in [-0.39, 0.29) is 17.8 Å². The third-order valence-electron chi connectivity index (χ3n) is 4.85. The van der Waals surface area contributed by atoms with Crippen LogP contribution in [0, 0.1) is 11.8 Å². The second kappa shape index (κ2) is 8.40. The van der Waals surface area contributed by atoms with Crippen molar-refractivity contribution < 1.29 is 14.3 Å². The number of amides is 1. The van der Waals surface area contributed by atoms with Crippen LogP contribution in [0.2, 0.25) is 0 Å². The summed E-state index contributed by atoms with van der Waals surface area (Å²) in [6.45, 7) is 3.78. The first-order valence-corrected chi connectivity index (χ1v) is 8.69.